The largest absolute Gasteiger partial charge is 0.426 e. The van der Waals surface area contributed by atoms with Crippen LogP contribution in [0.3, 0.4) is 0 Å². The zero-order valence-electron chi connectivity index (χ0n) is 15.9. The molecule has 0 bridgehead atoms. The van der Waals surface area contributed by atoms with Gasteiger partial charge in [-0.1, -0.05) is 13.8 Å². The van der Waals surface area contributed by atoms with Crippen LogP contribution < -0.4 is 4.74 Å². The SMILES string of the molecule is CC(C)C(=O)Oc1cc(F)c(-c2cc3c(-c4cnn(C)c4)n[nH]c3cn2)c(F)c1. The second-order valence-corrected chi connectivity index (χ2v) is 6.93. The average molecular weight is 397 g/mol. The van der Waals surface area contributed by atoms with Gasteiger partial charge in [0.15, 0.2) is 0 Å². The number of pyridine rings is 1. The van der Waals surface area contributed by atoms with Crippen molar-refractivity contribution >= 4 is 16.9 Å². The molecule has 0 aliphatic carbocycles. The Hall–Kier alpha value is -3.62. The molecule has 0 aliphatic heterocycles. The predicted molar refractivity (Wildman–Crippen MR) is 102 cm³/mol. The summed E-state index contributed by atoms with van der Waals surface area (Å²) in [6.07, 6.45) is 4.90. The molecule has 148 valence electrons. The van der Waals surface area contributed by atoms with Gasteiger partial charge < -0.3 is 4.74 Å². The first-order valence-corrected chi connectivity index (χ1v) is 8.87. The van der Waals surface area contributed by atoms with Crippen LogP contribution in [-0.2, 0) is 11.8 Å². The average Bonchev–Trinajstić information content (AvgIpc) is 3.26. The van der Waals surface area contributed by atoms with E-state index in [2.05, 4.69) is 20.3 Å². The monoisotopic (exact) mass is 397 g/mol. The van der Waals surface area contributed by atoms with E-state index >= 15 is 0 Å². The topological polar surface area (TPSA) is 85.7 Å². The number of rotatable bonds is 4. The number of aryl methyl sites for hydroxylation is 1. The Labute approximate surface area is 164 Å². The lowest BCUT2D eigenvalue weighted by Crippen LogP contribution is -2.15. The molecule has 7 nitrogen and oxygen atoms in total. The third-order valence-corrected chi connectivity index (χ3v) is 4.39. The minimum absolute atomic E-state index is 0.0979. The summed E-state index contributed by atoms with van der Waals surface area (Å²) in [5, 5.41) is 11.9. The maximum Gasteiger partial charge on any atom is 0.313 e. The van der Waals surface area contributed by atoms with Crippen molar-refractivity contribution in [3.8, 4) is 28.3 Å². The second-order valence-electron chi connectivity index (χ2n) is 6.93. The van der Waals surface area contributed by atoms with Crippen LogP contribution in [0.5, 0.6) is 5.75 Å². The Morgan fingerprint density at radius 3 is 2.52 bits per heavy atom. The van der Waals surface area contributed by atoms with Crippen LogP contribution in [0.1, 0.15) is 13.8 Å². The molecule has 4 rings (SSSR count). The van der Waals surface area contributed by atoms with Crippen molar-refractivity contribution in [1.29, 1.82) is 0 Å². The summed E-state index contributed by atoms with van der Waals surface area (Å²) in [5.41, 5.74) is 1.76. The molecular weight excluding hydrogens is 380 g/mol. The third kappa shape index (κ3) is 3.46. The number of nitrogens with zero attached hydrogens (tertiary/aromatic N) is 4. The molecule has 0 fully saturated rings. The minimum atomic E-state index is -0.880. The van der Waals surface area contributed by atoms with Gasteiger partial charge in [-0.3, -0.25) is 19.6 Å². The van der Waals surface area contributed by atoms with Crippen LogP contribution in [-0.4, -0.2) is 30.9 Å². The standard InChI is InChI=1S/C20H17F2N5O2/c1-10(2)20(28)29-12-4-14(21)18(15(22)5-12)16-6-13-17(8-23-16)25-26-19(13)11-7-24-27(3)9-11/h4-10H,1-3H3,(H,25,26). The number of hydrogen-bond acceptors (Lipinski definition) is 5. The van der Waals surface area contributed by atoms with Gasteiger partial charge in [-0.05, 0) is 6.07 Å². The number of hydrogen-bond donors (Lipinski definition) is 1. The Balaban J connectivity index is 1.77. The van der Waals surface area contributed by atoms with Gasteiger partial charge in [0.2, 0.25) is 0 Å². The number of esters is 1. The molecule has 3 aromatic heterocycles. The van der Waals surface area contributed by atoms with Crippen molar-refractivity contribution in [3.63, 3.8) is 0 Å². The smallest absolute Gasteiger partial charge is 0.313 e. The second kappa shape index (κ2) is 7.08. The van der Waals surface area contributed by atoms with Gasteiger partial charge in [-0.2, -0.15) is 10.2 Å². The normalized spacial score (nSPS) is 11.4. The zero-order valence-corrected chi connectivity index (χ0v) is 15.9. The molecule has 0 saturated carbocycles. The quantitative estimate of drug-likeness (QED) is 0.417. The fraction of sp³-hybridized carbons (Fsp3) is 0.200. The molecular formula is C20H17F2N5O2. The fourth-order valence-electron chi connectivity index (χ4n) is 2.90. The van der Waals surface area contributed by atoms with E-state index in [-0.39, 0.29) is 17.0 Å². The highest BCUT2D eigenvalue weighted by Gasteiger charge is 2.19. The van der Waals surface area contributed by atoms with Crippen molar-refractivity contribution in [3.05, 3.63) is 48.4 Å². The van der Waals surface area contributed by atoms with E-state index < -0.39 is 23.5 Å². The summed E-state index contributed by atoms with van der Waals surface area (Å²) in [4.78, 5) is 15.8. The van der Waals surface area contributed by atoms with Gasteiger partial charge in [0.1, 0.15) is 23.1 Å². The summed E-state index contributed by atoms with van der Waals surface area (Å²) >= 11 is 0. The van der Waals surface area contributed by atoms with Crippen LogP contribution in [0, 0.1) is 17.6 Å². The third-order valence-electron chi connectivity index (χ3n) is 4.39. The first-order chi connectivity index (χ1) is 13.8. The van der Waals surface area contributed by atoms with E-state index in [9.17, 15) is 13.6 Å². The number of fused-ring (bicyclic) bond motifs is 1. The van der Waals surface area contributed by atoms with E-state index in [4.69, 9.17) is 4.74 Å². The highest BCUT2D eigenvalue weighted by molar-refractivity contribution is 5.94. The van der Waals surface area contributed by atoms with Crippen molar-refractivity contribution in [2.24, 2.45) is 13.0 Å². The van der Waals surface area contributed by atoms with Crippen LogP contribution >= 0.6 is 0 Å². The Morgan fingerprint density at radius 2 is 1.90 bits per heavy atom. The zero-order chi connectivity index (χ0) is 20.7. The van der Waals surface area contributed by atoms with Gasteiger partial charge in [0.05, 0.1) is 35.1 Å². The summed E-state index contributed by atoms with van der Waals surface area (Å²) in [7, 11) is 1.78. The van der Waals surface area contributed by atoms with E-state index in [0.29, 0.717) is 16.6 Å². The van der Waals surface area contributed by atoms with Crippen LogP contribution in [0.15, 0.2) is 36.8 Å². The van der Waals surface area contributed by atoms with Crippen molar-refractivity contribution in [2.45, 2.75) is 13.8 Å². The number of ether oxygens (including phenoxy) is 1. The molecule has 29 heavy (non-hydrogen) atoms. The van der Waals surface area contributed by atoms with Crippen LogP contribution in [0.2, 0.25) is 0 Å². The fourth-order valence-corrected chi connectivity index (χ4v) is 2.90. The molecule has 4 aromatic rings. The Morgan fingerprint density at radius 1 is 1.17 bits per heavy atom. The molecule has 0 aliphatic rings. The number of carbonyl (C=O) groups excluding carboxylic acids is 1. The molecule has 0 unspecified atom stereocenters. The number of halogens is 2. The summed E-state index contributed by atoms with van der Waals surface area (Å²) in [5.74, 6) is -2.94. The van der Waals surface area contributed by atoms with Crippen LogP contribution in [0.4, 0.5) is 8.78 Å². The summed E-state index contributed by atoms with van der Waals surface area (Å²) < 4.78 is 36.0. The Kier molecular flexibility index (Phi) is 4.57. The highest BCUT2D eigenvalue weighted by Crippen LogP contribution is 2.33. The first kappa shape index (κ1) is 18.7. The Bertz CT molecular complexity index is 1210. The maximum absolute atomic E-state index is 14.7. The molecule has 0 atom stereocenters. The molecule has 0 radical (unpaired) electrons. The van der Waals surface area contributed by atoms with Gasteiger partial charge in [-0.25, -0.2) is 8.78 Å². The van der Waals surface area contributed by atoms with E-state index in [1.807, 2.05) is 0 Å². The molecule has 0 spiro atoms. The molecule has 1 N–H and O–H groups in total. The molecule has 0 saturated heterocycles. The van der Waals surface area contributed by atoms with Crippen molar-refractivity contribution in [2.75, 3.05) is 0 Å². The summed E-state index contributed by atoms with van der Waals surface area (Å²) in [6, 6.07) is 3.51. The number of benzene rings is 1. The van der Waals surface area contributed by atoms with Gasteiger partial charge in [0, 0.05) is 36.3 Å². The van der Waals surface area contributed by atoms with E-state index in [0.717, 1.165) is 17.7 Å². The lowest BCUT2D eigenvalue weighted by molar-refractivity contribution is -0.137. The van der Waals surface area contributed by atoms with Gasteiger partial charge in [-0.15, -0.1) is 0 Å². The molecule has 1 aromatic carbocycles. The minimum Gasteiger partial charge on any atom is -0.426 e. The number of aromatic nitrogens is 5. The summed E-state index contributed by atoms with van der Waals surface area (Å²) in [6.45, 7) is 3.26. The van der Waals surface area contributed by atoms with Crippen molar-refractivity contribution < 1.29 is 18.3 Å². The number of H-pyrrole nitrogens is 1. The maximum atomic E-state index is 14.7. The van der Waals surface area contributed by atoms with Crippen LogP contribution in [0.25, 0.3) is 33.4 Å². The lowest BCUT2D eigenvalue weighted by atomic mass is 10.1. The van der Waals surface area contributed by atoms with Crippen molar-refractivity contribution in [1.82, 2.24) is 25.0 Å². The molecule has 9 heteroatoms. The number of carbonyl (C=O) groups is 1. The van der Waals surface area contributed by atoms with E-state index in [1.165, 1.54) is 6.20 Å². The van der Waals surface area contributed by atoms with Gasteiger partial charge >= 0.3 is 5.97 Å². The molecule has 0 amide bonds. The van der Waals surface area contributed by atoms with E-state index in [1.54, 1.807) is 44.0 Å². The number of nitrogens with one attached hydrogen (secondary N) is 1. The first-order valence-electron chi connectivity index (χ1n) is 8.87. The predicted octanol–water partition coefficient (Wildman–Crippen LogP) is 3.87. The number of aromatic amines is 1. The highest BCUT2D eigenvalue weighted by atomic mass is 19.1. The van der Waals surface area contributed by atoms with Gasteiger partial charge in [0.25, 0.3) is 0 Å². The molecule has 3 heterocycles. The lowest BCUT2D eigenvalue weighted by Gasteiger charge is -2.10.